The second kappa shape index (κ2) is 6.54. The van der Waals surface area contributed by atoms with Crippen LogP contribution in [0.15, 0.2) is 18.3 Å². The van der Waals surface area contributed by atoms with E-state index in [1.165, 1.54) is 6.07 Å². The molecule has 3 nitrogen and oxygen atoms in total. The van der Waals surface area contributed by atoms with Crippen molar-refractivity contribution in [3.8, 4) is 0 Å². The van der Waals surface area contributed by atoms with Crippen molar-refractivity contribution in [3.05, 3.63) is 29.6 Å². The van der Waals surface area contributed by atoms with E-state index in [1.54, 1.807) is 7.05 Å². The number of ether oxygens (including phenoxy) is 1. The molecule has 2 rings (SSSR count). The lowest BCUT2D eigenvalue weighted by molar-refractivity contribution is -0.137. The lowest BCUT2D eigenvalue weighted by Gasteiger charge is -2.18. The van der Waals surface area contributed by atoms with E-state index in [0.29, 0.717) is 5.69 Å². The summed E-state index contributed by atoms with van der Waals surface area (Å²) < 4.78 is 43.0. The number of hydrogen-bond donors (Lipinski definition) is 1. The number of rotatable bonds is 5. The SMILES string of the molecule is CNC(CCC1CCCO1)c1ccc(C(F)(F)F)cn1. The van der Waals surface area contributed by atoms with Crippen molar-refractivity contribution in [1.82, 2.24) is 10.3 Å². The Morgan fingerprint density at radius 2 is 2.25 bits per heavy atom. The maximum Gasteiger partial charge on any atom is 0.417 e. The van der Waals surface area contributed by atoms with Crippen molar-refractivity contribution in [2.75, 3.05) is 13.7 Å². The largest absolute Gasteiger partial charge is 0.417 e. The molecule has 1 aromatic heterocycles. The number of nitrogens with one attached hydrogen (secondary N) is 1. The Balaban J connectivity index is 1.96. The maximum absolute atomic E-state index is 12.5. The average Bonchev–Trinajstić information content (AvgIpc) is 2.92. The molecule has 20 heavy (non-hydrogen) atoms. The molecule has 0 bridgehead atoms. The highest BCUT2D eigenvalue weighted by molar-refractivity contribution is 5.18. The molecule has 0 aliphatic carbocycles. The molecule has 1 aromatic rings. The Bertz CT molecular complexity index is 413. The van der Waals surface area contributed by atoms with Gasteiger partial charge in [-0.2, -0.15) is 13.2 Å². The van der Waals surface area contributed by atoms with Crippen molar-refractivity contribution in [3.63, 3.8) is 0 Å². The van der Waals surface area contributed by atoms with E-state index in [0.717, 1.165) is 44.6 Å². The number of nitrogens with zero attached hydrogens (tertiary/aromatic N) is 1. The average molecular weight is 288 g/mol. The first-order chi connectivity index (χ1) is 9.50. The van der Waals surface area contributed by atoms with E-state index < -0.39 is 11.7 Å². The molecule has 0 spiro atoms. The van der Waals surface area contributed by atoms with Gasteiger partial charge in [-0.3, -0.25) is 4.98 Å². The summed E-state index contributed by atoms with van der Waals surface area (Å²) in [7, 11) is 1.79. The third kappa shape index (κ3) is 3.93. The molecule has 0 aromatic carbocycles. The normalized spacial score (nSPS) is 21.1. The number of pyridine rings is 1. The number of hydrogen-bond acceptors (Lipinski definition) is 3. The van der Waals surface area contributed by atoms with Gasteiger partial charge in [-0.1, -0.05) is 0 Å². The quantitative estimate of drug-likeness (QED) is 0.902. The van der Waals surface area contributed by atoms with Crippen LogP contribution < -0.4 is 5.32 Å². The molecule has 1 N–H and O–H groups in total. The van der Waals surface area contributed by atoms with Crippen molar-refractivity contribution in [2.24, 2.45) is 0 Å². The molecule has 1 aliphatic rings. The second-order valence-corrected chi connectivity index (χ2v) is 5.02. The summed E-state index contributed by atoms with van der Waals surface area (Å²) in [6, 6.07) is 2.49. The summed E-state index contributed by atoms with van der Waals surface area (Å²) in [4.78, 5) is 3.94. The third-order valence-corrected chi connectivity index (χ3v) is 3.62. The Kier molecular flexibility index (Phi) is 4.99. The summed E-state index contributed by atoms with van der Waals surface area (Å²) in [6.07, 6.45) is 0.697. The van der Waals surface area contributed by atoms with Gasteiger partial charge in [0.05, 0.1) is 17.4 Å². The van der Waals surface area contributed by atoms with Gasteiger partial charge in [-0.05, 0) is 44.9 Å². The predicted octanol–water partition coefficient (Wildman–Crippen LogP) is 3.32. The predicted molar refractivity (Wildman–Crippen MR) is 69.2 cm³/mol. The van der Waals surface area contributed by atoms with Crippen molar-refractivity contribution < 1.29 is 17.9 Å². The molecular weight excluding hydrogens is 269 g/mol. The van der Waals surface area contributed by atoms with Crippen molar-refractivity contribution in [2.45, 2.75) is 44.0 Å². The molecule has 0 amide bonds. The minimum atomic E-state index is -4.33. The van der Waals surface area contributed by atoms with Gasteiger partial charge in [0.25, 0.3) is 0 Å². The van der Waals surface area contributed by atoms with Gasteiger partial charge in [0.2, 0.25) is 0 Å². The minimum absolute atomic E-state index is 0.0403. The van der Waals surface area contributed by atoms with Crippen LogP contribution in [0.3, 0.4) is 0 Å². The highest BCUT2D eigenvalue weighted by atomic mass is 19.4. The van der Waals surface area contributed by atoms with Crippen LogP contribution in [-0.2, 0) is 10.9 Å². The highest BCUT2D eigenvalue weighted by Gasteiger charge is 2.31. The molecule has 112 valence electrons. The van der Waals surface area contributed by atoms with E-state index in [1.807, 2.05) is 0 Å². The second-order valence-electron chi connectivity index (χ2n) is 5.02. The van der Waals surface area contributed by atoms with E-state index in [-0.39, 0.29) is 12.1 Å². The van der Waals surface area contributed by atoms with Gasteiger partial charge >= 0.3 is 6.18 Å². The van der Waals surface area contributed by atoms with Crippen LogP contribution in [0.4, 0.5) is 13.2 Å². The van der Waals surface area contributed by atoms with Gasteiger partial charge in [-0.15, -0.1) is 0 Å². The summed E-state index contributed by atoms with van der Waals surface area (Å²) in [5.41, 5.74) is -0.0753. The fraction of sp³-hybridized carbons (Fsp3) is 0.643. The van der Waals surface area contributed by atoms with E-state index >= 15 is 0 Å². The first kappa shape index (κ1) is 15.3. The van der Waals surface area contributed by atoms with Crippen LogP contribution in [0.2, 0.25) is 0 Å². The van der Waals surface area contributed by atoms with Crippen molar-refractivity contribution >= 4 is 0 Å². The van der Waals surface area contributed by atoms with Crippen LogP contribution >= 0.6 is 0 Å². The van der Waals surface area contributed by atoms with E-state index in [9.17, 15) is 13.2 Å². The topological polar surface area (TPSA) is 34.1 Å². The molecule has 2 unspecified atom stereocenters. The van der Waals surface area contributed by atoms with Gasteiger partial charge in [0, 0.05) is 18.8 Å². The molecule has 1 aliphatic heterocycles. The first-order valence-electron chi connectivity index (χ1n) is 6.82. The molecule has 0 saturated carbocycles. The number of aromatic nitrogens is 1. The molecular formula is C14H19F3N2O. The Labute approximate surface area is 116 Å². The summed E-state index contributed by atoms with van der Waals surface area (Å²) in [5, 5.41) is 3.10. The molecule has 2 atom stereocenters. The first-order valence-corrected chi connectivity index (χ1v) is 6.82. The van der Waals surface area contributed by atoms with Crippen LogP contribution in [0.5, 0.6) is 0 Å². The summed E-state index contributed by atoms with van der Waals surface area (Å²) in [5.74, 6) is 0. The summed E-state index contributed by atoms with van der Waals surface area (Å²) >= 11 is 0. The number of halogens is 3. The third-order valence-electron chi connectivity index (χ3n) is 3.62. The van der Waals surface area contributed by atoms with Crippen LogP contribution in [0.1, 0.15) is 43.0 Å². The van der Waals surface area contributed by atoms with Crippen molar-refractivity contribution in [1.29, 1.82) is 0 Å². The summed E-state index contributed by atoms with van der Waals surface area (Å²) in [6.45, 7) is 0.813. The van der Waals surface area contributed by atoms with Gasteiger partial charge in [0.15, 0.2) is 0 Å². The zero-order valence-corrected chi connectivity index (χ0v) is 11.4. The van der Waals surface area contributed by atoms with Crippen LogP contribution in [0.25, 0.3) is 0 Å². The van der Waals surface area contributed by atoms with Gasteiger partial charge < -0.3 is 10.1 Å². The standard InChI is InChI=1S/C14H19F3N2O/c1-18-12(7-5-11-3-2-8-20-11)13-6-4-10(9-19-13)14(15,16)17/h4,6,9,11-12,18H,2-3,5,7-8H2,1H3. The smallest absolute Gasteiger partial charge is 0.378 e. The molecule has 1 saturated heterocycles. The van der Waals surface area contributed by atoms with E-state index in [4.69, 9.17) is 4.74 Å². The molecule has 0 radical (unpaired) electrons. The van der Waals surface area contributed by atoms with Crippen LogP contribution in [0, 0.1) is 0 Å². The Hall–Kier alpha value is -1.14. The van der Waals surface area contributed by atoms with E-state index in [2.05, 4.69) is 10.3 Å². The van der Waals surface area contributed by atoms with Gasteiger partial charge in [0.1, 0.15) is 0 Å². The highest BCUT2D eigenvalue weighted by Crippen LogP contribution is 2.29. The maximum atomic E-state index is 12.5. The fourth-order valence-corrected chi connectivity index (χ4v) is 2.44. The molecule has 1 fully saturated rings. The zero-order valence-electron chi connectivity index (χ0n) is 11.4. The van der Waals surface area contributed by atoms with Gasteiger partial charge in [-0.25, -0.2) is 0 Å². The Morgan fingerprint density at radius 3 is 2.75 bits per heavy atom. The lowest BCUT2D eigenvalue weighted by atomic mass is 10.0. The molecule has 6 heteroatoms. The molecule has 2 heterocycles. The fourth-order valence-electron chi connectivity index (χ4n) is 2.44. The number of alkyl halides is 3. The zero-order chi connectivity index (χ0) is 14.6. The minimum Gasteiger partial charge on any atom is -0.378 e. The Morgan fingerprint density at radius 1 is 1.45 bits per heavy atom. The monoisotopic (exact) mass is 288 g/mol. The lowest BCUT2D eigenvalue weighted by Crippen LogP contribution is -2.20. The van der Waals surface area contributed by atoms with Crippen LogP contribution in [-0.4, -0.2) is 24.7 Å².